The third-order valence-electron chi connectivity index (χ3n) is 3.00. The number of nitrogens with zero attached hydrogens (tertiary/aromatic N) is 1. The lowest BCUT2D eigenvalue weighted by Gasteiger charge is -2.11. The van der Waals surface area contributed by atoms with E-state index < -0.39 is 5.82 Å². The second kappa shape index (κ2) is 6.18. The Morgan fingerprint density at radius 2 is 2.05 bits per heavy atom. The molecule has 2 aromatic carbocycles. The number of benzene rings is 2. The first kappa shape index (κ1) is 14.0. The monoisotopic (exact) mass is 270 g/mol. The summed E-state index contributed by atoms with van der Waals surface area (Å²) in [6.07, 6.45) is 0. The van der Waals surface area contributed by atoms with Crippen molar-refractivity contribution in [2.75, 3.05) is 0 Å². The summed E-state index contributed by atoms with van der Waals surface area (Å²) >= 11 is 0. The molecule has 0 aliphatic rings. The number of nitriles is 1. The second-order valence-corrected chi connectivity index (χ2v) is 4.54. The highest BCUT2D eigenvalue weighted by molar-refractivity contribution is 5.37. The molecular weight excluding hydrogens is 255 g/mol. The molecule has 4 heteroatoms. The van der Waals surface area contributed by atoms with Crippen LogP contribution in [0.2, 0.25) is 0 Å². The van der Waals surface area contributed by atoms with Crippen LogP contribution in [0.1, 0.15) is 29.7 Å². The lowest BCUT2D eigenvalue weighted by atomic mass is 10.1. The zero-order chi connectivity index (χ0) is 14.5. The summed E-state index contributed by atoms with van der Waals surface area (Å²) in [5.74, 6) is -0.295. The highest BCUT2D eigenvalue weighted by Crippen LogP contribution is 2.22. The highest BCUT2D eigenvalue weighted by Gasteiger charge is 2.08. The van der Waals surface area contributed by atoms with E-state index in [1.165, 1.54) is 6.07 Å². The zero-order valence-electron chi connectivity index (χ0n) is 11.1. The first-order valence-electron chi connectivity index (χ1n) is 6.27. The summed E-state index contributed by atoms with van der Waals surface area (Å²) < 4.78 is 19.3. The fourth-order valence-electron chi connectivity index (χ4n) is 1.83. The van der Waals surface area contributed by atoms with E-state index in [1.54, 1.807) is 37.3 Å². The third kappa shape index (κ3) is 3.14. The van der Waals surface area contributed by atoms with Gasteiger partial charge in [0.25, 0.3) is 0 Å². The molecule has 1 atom stereocenters. The van der Waals surface area contributed by atoms with Crippen molar-refractivity contribution in [2.24, 2.45) is 5.73 Å². The third-order valence-corrected chi connectivity index (χ3v) is 3.00. The molecule has 0 saturated heterocycles. The van der Waals surface area contributed by atoms with Crippen LogP contribution >= 0.6 is 0 Å². The van der Waals surface area contributed by atoms with Crippen LogP contribution in [0, 0.1) is 17.1 Å². The van der Waals surface area contributed by atoms with E-state index in [9.17, 15) is 4.39 Å². The van der Waals surface area contributed by atoms with Crippen molar-refractivity contribution < 1.29 is 9.13 Å². The highest BCUT2D eigenvalue weighted by atomic mass is 19.1. The van der Waals surface area contributed by atoms with E-state index in [-0.39, 0.29) is 18.4 Å². The van der Waals surface area contributed by atoms with Gasteiger partial charge in [0, 0.05) is 11.6 Å². The maximum absolute atomic E-state index is 13.9. The molecule has 0 fully saturated rings. The van der Waals surface area contributed by atoms with Crippen LogP contribution in [0.5, 0.6) is 5.75 Å². The van der Waals surface area contributed by atoms with Crippen LogP contribution in [0.25, 0.3) is 0 Å². The minimum Gasteiger partial charge on any atom is -0.486 e. The number of ether oxygens (including phenoxy) is 1. The van der Waals surface area contributed by atoms with E-state index in [4.69, 9.17) is 15.7 Å². The molecule has 0 aliphatic heterocycles. The van der Waals surface area contributed by atoms with Gasteiger partial charge in [-0.25, -0.2) is 4.39 Å². The van der Waals surface area contributed by atoms with E-state index in [0.29, 0.717) is 11.1 Å². The first-order valence-corrected chi connectivity index (χ1v) is 6.27. The van der Waals surface area contributed by atoms with Crippen LogP contribution in [-0.2, 0) is 6.61 Å². The summed E-state index contributed by atoms with van der Waals surface area (Å²) in [5.41, 5.74) is 7.66. The average molecular weight is 270 g/mol. The molecule has 0 heterocycles. The van der Waals surface area contributed by atoms with Crippen molar-refractivity contribution in [1.82, 2.24) is 0 Å². The molecule has 2 N–H and O–H groups in total. The fraction of sp³-hybridized carbons (Fsp3) is 0.188. The largest absolute Gasteiger partial charge is 0.486 e. The lowest BCUT2D eigenvalue weighted by Crippen LogP contribution is -2.06. The second-order valence-electron chi connectivity index (χ2n) is 4.54. The van der Waals surface area contributed by atoms with Crippen molar-refractivity contribution >= 4 is 0 Å². The van der Waals surface area contributed by atoms with Crippen molar-refractivity contribution in [2.45, 2.75) is 19.6 Å². The fourth-order valence-corrected chi connectivity index (χ4v) is 1.83. The number of hydrogen-bond acceptors (Lipinski definition) is 3. The van der Waals surface area contributed by atoms with Crippen LogP contribution in [0.3, 0.4) is 0 Å². The molecule has 2 rings (SSSR count). The Labute approximate surface area is 117 Å². The van der Waals surface area contributed by atoms with Gasteiger partial charge in [0.05, 0.1) is 11.6 Å². The lowest BCUT2D eigenvalue weighted by molar-refractivity contribution is 0.290. The van der Waals surface area contributed by atoms with Gasteiger partial charge in [-0.1, -0.05) is 24.3 Å². The topological polar surface area (TPSA) is 59.0 Å². The minimum absolute atomic E-state index is 0.151. The quantitative estimate of drug-likeness (QED) is 0.927. The Kier molecular flexibility index (Phi) is 4.34. The molecule has 0 aromatic heterocycles. The first-order chi connectivity index (χ1) is 9.61. The molecular formula is C16H15FN2O. The molecule has 20 heavy (non-hydrogen) atoms. The summed E-state index contributed by atoms with van der Waals surface area (Å²) in [6.45, 7) is 1.94. The molecule has 0 saturated carbocycles. The van der Waals surface area contributed by atoms with Crippen molar-refractivity contribution in [3.8, 4) is 11.8 Å². The molecule has 102 valence electrons. The van der Waals surface area contributed by atoms with Gasteiger partial charge in [0.1, 0.15) is 6.61 Å². The van der Waals surface area contributed by atoms with Crippen LogP contribution in [0.4, 0.5) is 4.39 Å². The molecule has 0 spiro atoms. The predicted molar refractivity (Wildman–Crippen MR) is 74.5 cm³/mol. The van der Waals surface area contributed by atoms with Crippen LogP contribution in [-0.4, -0.2) is 0 Å². The maximum atomic E-state index is 13.9. The maximum Gasteiger partial charge on any atom is 0.165 e. The van der Waals surface area contributed by atoms with E-state index in [0.717, 1.165) is 5.56 Å². The SMILES string of the molecule is CC(N)c1ccc(OCc2ccccc2C#N)c(F)c1. The number of hydrogen-bond donors (Lipinski definition) is 1. The molecule has 0 amide bonds. The van der Waals surface area contributed by atoms with Gasteiger partial charge in [0.15, 0.2) is 11.6 Å². The molecule has 0 bridgehead atoms. The van der Waals surface area contributed by atoms with Gasteiger partial charge in [-0.2, -0.15) is 5.26 Å². The van der Waals surface area contributed by atoms with E-state index >= 15 is 0 Å². The normalized spacial score (nSPS) is 11.7. The molecule has 1 unspecified atom stereocenters. The molecule has 0 radical (unpaired) electrons. The Morgan fingerprint density at radius 1 is 1.30 bits per heavy atom. The van der Waals surface area contributed by atoms with Gasteiger partial charge in [-0.3, -0.25) is 0 Å². The molecule has 3 nitrogen and oxygen atoms in total. The standard InChI is InChI=1S/C16H15FN2O/c1-11(19)12-6-7-16(15(17)8-12)20-10-14-5-3-2-4-13(14)9-18/h2-8,11H,10,19H2,1H3. The summed E-state index contributed by atoms with van der Waals surface area (Å²) in [6, 6.07) is 13.6. The van der Waals surface area contributed by atoms with Gasteiger partial charge in [0.2, 0.25) is 0 Å². The van der Waals surface area contributed by atoms with Crippen molar-refractivity contribution in [3.63, 3.8) is 0 Å². The smallest absolute Gasteiger partial charge is 0.165 e. The Morgan fingerprint density at radius 3 is 2.70 bits per heavy atom. The van der Waals surface area contributed by atoms with E-state index in [2.05, 4.69) is 6.07 Å². The average Bonchev–Trinajstić information content (AvgIpc) is 2.46. The summed E-state index contributed by atoms with van der Waals surface area (Å²) in [4.78, 5) is 0. The van der Waals surface area contributed by atoms with Gasteiger partial charge >= 0.3 is 0 Å². The van der Waals surface area contributed by atoms with E-state index in [1.807, 2.05) is 6.07 Å². The number of rotatable bonds is 4. The van der Waals surface area contributed by atoms with Gasteiger partial charge < -0.3 is 10.5 Å². The Bertz CT molecular complexity index is 647. The van der Waals surface area contributed by atoms with Crippen molar-refractivity contribution in [1.29, 1.82) is 5.26 Å². The Hall–Kier alpha value is -2.38. The van der Waals surface area contributed by atoms with Crippen LogP contribution < -0.4 is 10.5 Å². The summed E-state index contributed by atoms with van der Waals surface area (Å²) in [7, 11) is 0. The predicted octanol–water partition coefficient (Wildman–Crippen LogP) is 3.30. The Balaban J connectivity index is 2.14. The van der Waals surface area contributed by atoms with Gasteiger partial charge in [-0.15, -0.1) is 0 Å². The summed E-state index contributed by atoms with van der Waals surface area (Å²) in [5, 5.41) is 8.97. The molecule has 2 aromatic rings. The van der Waals surface area contributed by atoms with Crippen molar-refractivity contribution in [3.05, 3.63) is 65.0 Å². The van der Waals surface area contributed by atoms with Gasteiger partial charge in [-0.05, 0) is 30.7 Å². The molecule has 0 aliphatic carbocycles. The van der Waals surface area contributed by atoms with Crippen LogP contribution in [0.15, 0.2) is 42.5 Å². The number of halogens is 1. The zero-order valence-corrected chi connectivity index (χ0v) is 11.1. The number of nitrogens with two attached hydrogens (primary N) is 1. The minimum atomic E-state index is -0.450.